The molecular formula is C42H34BrNO6. The fourth-order valence-electron chi connectivity index (χ4n) is 9.11. The van der Waals surface area contributed by atoms with Gasteiger partial charge in [0.15, 0.2) is 23.1 Å². The highest BCUT2D eigenvalue weighted by atomic mass is 79.9. The minimum atomic E-state index is -1.44. The topological polar surface area (TPSA) is 101 Å². The number of ether oxygens (including phenoxy) is 1. The number of hydrogen-bond acceptors (Lipinski definition) is 6. The van der Waals surface area contributed by atoms with E-state index in [4.69, 9.17) is 4.74 Å². The van der Waals surface area contributed by atoms with E-state index in [1.165, 1.54) is 11.0 Å². The number of halogens is 1. The molecule has 0 bridgehead atoms. The Morgan fingerprint density at radius 3 is 2.24 bits per heavy atom. The van der Waals surface area contributed by atoms with Crippen molar-refractivity contribution in [2.45, 2.75) is 31.1 Å². The van der Waals surface area contributed by atoms with Crippen LogP contribution in [0, 0.1) is 23.7 Å². The molecule has 1 heterocycles. The first-order valence-corrected chi connectivity index (χ1v) is 17.8. The standard InChI is InChI=1S/C42H34BrNO6/c1-2-50-34-15-9-14-30(39(34)47)37-28-20-21-29-36(41(49)44(40(29)48)27-18-16-26(43)17-19-27)32(28)22-33-38(46)31(24-10-5-3-6-11-24)23-35(45)42(33,37)25-12-7-4-8-13-25/h3-20,23,29,32-33,36-37,47H,2,21-22H2,1H3. The van der Waals surface area contributed by atoms with Crippen molar-refractivity contribution in [3.63, 3.8) is 0 Å². The molecule has 0 spiro atoms. The first-order valence-electron chi connectivity index (χ1n) is 17.0. The normalized spacial score (nSPS) is 27.2. The average molecular weight is 729 g/mol. The molecule has 1 saturated heterocycles. The van der Waals surface area contributed by atoms with Gasteiger partial charge in [0.05, 0.1) is 29.5 Å². The fraction of sp³-hybridized carbons (Fsp3) is 0.238. The molecule has 1 aliphatic heterocycles. The van der Waals surface area contributed by atoms with Crippen LogP contribution < -0.4 is 9.64 Å². The Hall–Kier alpha value is -5.08. The Bertz CT molecular complexity index is 2110. The molecule has 4 aromatic rings. The lowest BCUT2D eigenvalue weighted by Crippen LogP contribution is -2.58. The molecule has 50 heavy (non-hydrogen) atoms. The van der Waals surface area contributed by atoms with Crippen LogP contribution in [0.25, 0.3) is 5.57 Å². The highest BCUT2D eigenvalue weighted by Crippen LogP contribution is 2.65. The largest absolute Gasteiger partial charge is 0.504 e. The molecule has 0 radical (unpaired) electrons. The van der Waals surface area contributed by atoms with Gasteiger partial charge in [0, 0.05) is 27.4 Å². The molecule has 8 rings (SSSR count). The lowest BCUT2D eigenvalue weighted by atomic mass is 9.44. The summed E-state index contributed by atoms with van der Waals surface area (Å²) in [5, 5.41) is 11.9. The number of ketones is 2. The smallest absolute Gasteiger partial charge is 0.238 e. The van der Waals surface area contributed by atoms with Crippen LogP contribution in [0.1, 0.15) is 42.4 Å². The predicted octanol–water partition coefficient (Wildman–Crippen LogP) is 7.58. The van der Waals surface area contributed by atoms with E-state index in [2.05, 4.69) is 15.9 Å². The molecule has 4 aliphatic rings. The predicted molar refractivity (Wildman–Crippen MR) is 192 cm³/mol. The summed E-state index contributed by atoms with van der Waals surface area (Å²) in [5.74, 6) is -4.51. The number of fused-ring (bicyclic) bond motifs is 4. The zero-order valence-corrected chi connectivity index (χ0v) is 28.9. The van der Waals surface area contributed by atoms with Gasteiger partial charge in [0.2, 0.25) is 11.8 Å². The molecule has 6 unspecified atom stereocenters. The zero-order chi connectivity index (χ0) is 34.7. The number of imide groups is 1. The third kappa shape index (κ3) is 4.68. The molecular weight excluding hydrogens is 694 g/mol. The van der Waals surface area contributed by atoms with Crippen LogP contribution in [0.4, 0.5) is 5.69 Å². The lowest BCUT2D eigenvalue weighted by molar-refractivity contribution is -0.135. The van der Waals surface area contributed by atoms with Gasteiger partial charge in [0.1, 0.15) is 0 Å². The van der Waals surface area contributed by atoms with E-state index in [0.717, 1.165) is 10.0 Å². The van der Waals surface area contributed by atoms with Gasteiger partial charge in [0.25, 0.3) is 0 Å². The summed E-state index contributed by atoms with van der Waals surface area (Å²) < 4.78 is 6.66. The van der Waals surface area contributed by atoms with E-state index in [0.29, 0.717) is 41.0 Å². The number of phenols is 1. The number of anilines is 1. The number of carbonyl (C=O) groups excluding carboxylic acids is 4. The molecule has 6 atom stereocenters. The molecule has 0 aromatic heterocycles. The second kappa shape index (κ2) is 12.4. The van der Waals surface area contributed by atoms with Gasteiger partial charge >= 0.3 is 0 Å². The minimum absolute atomic E-state index is 0.111. The maximum absolute atomic E-state index is 15.2. The summed E-state index contributed by atoms with van der Waals surface area (Å²) >= 11 is 3.44. The number of para-hydroxylation sites is 1. The number of carbonyl (C=O) groups is 4. The van der Waals surface area contributed by atoms with Gasteiger partial charge in [-0.25, -0.2) is 0 Å². The van der Waals surface area contributed by atoms with Crippen molar-refractivity contribution in [3.8, 4) is 11.5 Å². The number of nitrogens with zero attached hydrogens (tertiary/aromatic N) is 1. The number of hydrogen-bond donors (Lipinski definition) is 1. The number of allylic oxidation sites excluding steroid dienone is 4. The summed E-state index contributed by atoms with van der Waals surface area (Å²) in [6.45, 7) is 2.14. The Kier molecular flexibility index (Phi) is 7.94. The lowest BCUT2D eigenvalue weighted by Gasteiger charge is -2.55. The quantitative estimate of drug-likeness (QED) is 0.162. The number of Topliss-reactive ketones (excluding diaryl/α,β-unsaturated/α-hetero) is 1. The summed E-state index contributed by atoms with van der Waals surface area (Å²) in [4.78, 5) is 60.0. The van der Waals surface area contributed by atoms with Crippen molar-refractivity contribution in [2.75, 3.05) is 11.5 Å². The van der Waals surface area contributed by atoms with Crippen molar-refractivity contribution in [2.24, 2.45) is 23.7 Å². The number of amides is 2. The first kappa shape index (κ1) is 32.1. The maximum atomic E-state index is 15.2. The second-order valence-corrected chi connectivity index (χ2v) is 14.3. The van der Waals surface area contributed by atoms with Crippen molar-refractivity contribution in [3.05, 3.63) is 142 Å². The Balaban J connectivity index is 1.37. The highest BCUT2D eigenvalue weighted by molar-refractivity contribution is 9.10. The summed E-state index contributed by atoms with van der Waals surface area (Å²) in [6, 6.07) is 30.8. The van der Waals surface area contributed by atoms with Crippen LogP contribution in [-0.4, -0.2) is 35.1 Å². The van der Waals surface area contributed by atoms with Crippen molar-refractivity contribution >= 4 is 50.6 Å². The summed E-state index contributed by atoms with van der Waals surface area (Å²) in [7, 11) is 0. The highest BCUT2D eigenvalue weighted by Gasteiger charge is 2.66. The molecule has 1 saturated carbocycles. The van der Waals surface area contributed by atoms with Gasteiger partial charge in [-0.1, -0.05) is 100 Å². The van der Waals surface area contributed by atoms with Gasteiger partial charge in [-0.15, -0.1) is 0 Å². The molecule has 8 heteroatoms. The number of rotatable bonds is 6. The molecule has 7 nitrogen and oxygen atoms in total. The van der Waals surface area contributed by atoms with Crippen LogP contribution in [0.15, 0.2) is 125 Å². The molecule has 4 aromatic carbocycles. The molecule has 3 aliphatic carbocycles. The van der Waals surface area contributed by atoms with E-state index < -0.39 is 35.0 Å². The average Bonchev–Trinajstić information content (AvgIpc) is 3.40. The SMILES string of the molecule is CCOc1cccc(C2C3=CCC4C(=O)N(c5ccc(Br)cc5)C(=O)C4C3CC3C(=O)C(c4ccccc4)=CC(=O)C32c2ccccc2)c1O. The third-order valence-electron chi connectivity index (χ3n) is 11.1. The van der Waals surface area contributed by atoms with E-state index >= 15 is 9.59 Å². The van der Waals surface area contributed by atoms with E-state index in [9.17, 15) is 14.7 Å². The van der Waals surface area contributed by atoms with E-state index in [1.54, 1.807) is 42.5 Å². The van der Waals surface area contributed by atoms with E-state index in [1.807, 2.05) is 73.7 Å². The molecule has 1 N–H and O–H groups in total. The summed E-state index contributed by atoms with van der Waals surface area (Å²) in [6.07, 6.45) is 3.95. The van der Waals surface area contributed by atoms with Crippen LogP contribution in [0.2, 0.25) is 0 Å². The monoisotopic (exact) mass is 727 g/mol. The Morgan fingerprint density at radius 2 is 1.54 bits per heavy atom. The van der Waals surface area contributed by atoms with E-state index in [-0.39, 0.29) is 41.3 Å². The van der Waals surface area contributed by atoms with Crippen LogP contribution in [0.3, 0.4) is 0 Å². The van der Waals surface area contributed by atoms with Gasteiger partial charge in [-0.05, 0) is 73.2 Å². The van der Waals surface area contributed by atoms with Crippen molar-refractivity contribution in [1.82, 2.24) is 0 Å². The second-order valence-electron chi connectivity index (χ2n) is 13.4. The Labute approximate surface area is 298 Å². The fourth-order valence-corrected chi connectivity index (χ4v) is 9.37. The summed E-state index contributed by atoms with van der Waals surface area (Å²) in [5.41, 5.74) is 1.90. The van der Waals surface area contributed by atoms with Crippen LogP contribution in [0.5, 0.6) is 11.5 Å². The van der Waals surface area contributed by atoms with Crippen LogP contribution >= 0.6 is 15.9 Å². The maximum Gasteiger partial charge on any atom is 0.238 e. The number of aromatic hydroxyl groups is 1. The third-order valence-corrected chi connectivity index (χ3v) is 11.6. The van der Waals surface area contributed by atoms with Gasteiger partial charge in [-0.2, -0.15) is 0 Å². The van der Waals surface area contributed by atoms with Gasteiger partial charge < -0.3 is 9.84 Å². The first-order chi connectivity index (χ1) is 24.3. The zero-order valence-electron chi connectivity index (χ0n) is 27.3. The molecule has 2 amide bonds. The number of phenolic OH excluding ortho intramolecular Hbond substituents is 1. The molecule has 250 valence electrons. The van der Waals surface area contributed by atoms with Crippen LogP contribution in [-0.2, 0) is 24.6 Å². The van der Waals surface area contributed by atoms with Crippen molar-refractivity contribution in [1.29, 1.82) is 0 Å². The van der Waals surface area contributed by atoms with Crippen molar-refractivity contribution < 1.29 is 29.0 Å². The Morgan fingerprint density at radius 1 is 0.840 bits per heavy atom. The minimum Gasteiger partial charge on any atom is -0.504 e. The number of benzene rings is 4. The molecule has 2 fully saturated rings. The van der Waals surface area contributed by atoms with Gasteiger partial charge in [-0.3, -0.25) is 24.1 Å².